The number of amides is 1. The molecule has 0 atom stereocenters. The molecular weight excluding hydrogens is 314 g/mol. The first-order chi connectivity index (χ1) is 12.3. The van der Waals surface area contributed by atoms with E-state index in [9.17, 15) is 4.79 Å². The molecule has 1 aliphatic carbocycles. The van der Waals surface area contributed by atoms with Gasteiger partial charge in [-0.3, -0.25) is 0 Å². The summed E-state index contributed by atoms with van der Waals surface area (Å²) in [4.78, 5) is 14.4. The Bertz CT molecular complexity index is 663. The second kappa shape index (κ2) is 8.56. The van der Waals surface area contributed by atoms with E-state index in [1.807, 2.05) is 54.6 Å². The number of carbonyl (C=O) groups excluding carboxylic acids is 1. The highest BCUT2D eigenvalue weighted by Crippen LogP contribution is 2.29. The van der Waals surface area contributed by atoms with Crippen molar-refractivity contribution in [1.29, 1.82) is 0 Å². The molecule has 0 heterocycles. The van der Waals surface area contributed by atoms with E-state index in [0.717, 1.165) is 30.0 Å². The topological polar surface area (TPSA) is 38.8 Å². The van der Waals surface area contributed by atoms with Crippen molar-refractivity contribution in [3.8, 4) is 5.75 Å². The summed E-state index contributed by atoms with van der Waals surface area (Å²) < 4.78 is 10.9. The number of nitrogens with zero attached hydrogens (tertiary/aromatic N) is 1. The van der Waals surface area contributed by atoms with Crippen molar-refractivity contribution in [3.63, 3.8) is 0 Å². The minimum Gasteiger partial charge on any atom is -0.497 e. The molecule has 4 heteroatoms. The van der Waals surface area contributed by atoms with Crippen LogP contribution in [0.15, 0.2) is 54.6 Å². The van der Waals surface area contributed by atoms with E-state index in [1.54, 1.807) is 12.0 Å². The summed E-state index contributed by atoms with van der Waals surface area (Å²) in [5.41, 5.74) is 1.56. The molecule has 2 aromatic rings. The van der Waals surface area contributed by atoms with Crippen LogP contribution in [-0.4, -0.2) is 19.8 Å². The zero-order chi connectivity index (χ0) is 17.5. The van der Waals surface area contributed by atoms with Gasteiger partial charge in [0.25, 0.3) is 0 Å². The van der Waals surface area contributed by atoms with Crippen molar-refractivity contribution in [1.82, 2.24) is 0 Å². The van der Waals surface area contributed by atoms with Crippen LogP contribution in [0.1, 0.15) is 32.1 Å². The Balaban J connectivity index is 1.76. The van der Waals surface area contributed by atoms with Gasteiger partial charge in [0, 0.05) is 0 Å². The Morgan fingerprint density at radius 2 is 1.60 bits per heavy atom. The highest BCUT2D eigenvalue weighted by Gasteiger charge is 2.22. The molecular formula is C21H25NO3. The number of hydrogen-bond donors (Lipinski definition) is 0. The monoisotopic (exact) mass is 339 g/mol. The van der Waals surface area contributed by atoms with E-state index in [2.05, 4.69) is 0 Å². The van der Waals surface area contributed by atoms with Crippen LogP contribution in [0.25, 0.3) is 0 Å². The summed E-state index contributed by atoms with van der Waals surface area (Å²) in [5, 5.41) is 0. The van der Waals surface area contributed by atoms with Crippen LogP contribution in [0.4, 0.5) is 16.2 Å². The molecule has 1 aliphatic rings. The lowest BCUT2D eigenvalue weighted by molar-refractivity contribution is 0.124. The van der Waals surface area contributed by atoms with Crippen molar-refractivity contribution in [2.75, 3.05) is 18.6 Å². The van der Waals surface area contributed by atoms with Gasteiger partial charge in [-0.1, -0.05) is 37.5 Å². The molecule has 0 saturated heterocycles. The Morgan fingerprint density at radius 1 is 0.960 bits per heavy atom. The van der Waals surface area contributed by atoms with Gasteiger partial charge in [-0.05, 0) is 55.2 Å². The normalized spacial score (nSPS) is 14.8. The third kappa shape index (κ3) is 4.53. The molecule has 0 spiro atoms. The fraction of sp³-hybridized carbons (Fsp3) is 0.381. The largest absolute Gasteiger partial charge is 0.497 e. The van der Waals surface area contributed by atoms with Gasteiger partial charge in [0.1, 0.15) is 5.75 Å². The zero-order valence-corrected chi connectivity index (χ0v) is 14.7. The number of rotatable bonds is 5. The van der Waals surface area contributed by atoms with Crippen molar-refractivity contribution >= 4 is 17.5 Å². The lowest BCUT2D eigenvalue weighted by atomic mass is 9.90. The van der Waals surface area contributed by atoms with Gasteiger partial charge in [-0.2, -0.15) is 0 Å². The van der Waals surface area contributed by atoms with Crippen LogP contribution >= 0.6 is 0 Å². The van der Waals surface area contributed by atoms with Gasteiger partial charge in [0.2, 0.25) is 0 Å². The summed E-state index contributed by atoms with van der Waals surface area (Å²) in [6, 6.07) is 17.0. The maximum Gasteiger partial charge on any atom is 0.418 e. The molecule has 4 nitrogen and oxygen atoms in total. The van der Waals surface area contributed by atoms with Gasteiger partial charge in [0.15, 0.2) is 0 Å². The van der Waals surface area contributed by atoms with E-state index in [-0.39, 0.29) is 6.09 Å². The summed E-state index contributed by atoms with van der Waals surface area (Å²) in [6.45, 7) is 0.498. The lowest BCUT2D eigenvalue weighted by Gasteiger charge is -2.25. The summed E-state index contributed by atoms with van der Waals surface area (Å²) in [7, 11) is 1.63. The van der Waals surface area contributed by atoms with E-state index in [0.29, 0.717) is 12.5 Å². The first-order valence-electron chi connectivity index (χ1n) is 8.94. The molecule has 1 saturated carbocycles. The minimum absolute atomic E-state index is 0.332. The standard InChI is InChI=1S/C21H25NO3/c1-24-20-14-12-19(13-15-20)22(18-10-6-3-7-11-18)21(23)25-16-17-8-4-2-5-9-17/h3,6-7,10-15,17H,2,4-5,8-9,16H2,1H3. The Kier molecular flexibility index (Phi) is 5.94. The molecule has 25 heavy (non-hydrogen) atoms. The molecule has 0 aromatic heterocycles. The van der Waals surface area contributed by atoms with Gasteiger partial charge in [0.05, 0.1) is 25.1 Å². The first-order valence-corrected chi connectivity index (χ1v) is 8.94. The zero-order valence-electron chi connectivity index (χ0n) is 14.7. The van der Waals surface area contributed by atoms with E-state index in [1.165, 1.54) is 19.3 Å². The predicted molar refractivity (Wildman–Crippen MR) is 99.5 cm³/mol. The third-order valence-electron chi connectivity index (χ3n) is 4.69. The predicted octanol–water partition coefficient (Wildman–Crippen LogP) is 5.55. The molecule has 1 fully saturated rings. The molecule has 0 bridgehead atoms. The average Bonchev–Trinajstić information content (AvgIpc) is 2.69. The van der Waals surface area contributed by atoms with Crippen LogP contribution in [0.2, 0.25) is 0 Å². The quantitative estimate of drug-likeness (QED) is 0.717. The molecule has 132 valence electrons. The Hall–Kier alpha value is -2.49. The summed E-state index contributed by atoms with van der Waals surface area (Å²) in [6.07, 6.45) is 5.75. The highest BCUT2D eigenvalue weighted by atomic mass is 16.6. The molecule has 0 unspecified atom stereocenters. The lowest BCUT2D eigenvalue weighted by Crippen LogP contribution is -2.29. The smallest absolute Gasteiger partial charge is 0.418 e. The van der Waals surface area contributed by atoms with Crippen LogP contribution in [0.3, 0.4) is 0 Å². The number of para-hydroxylation sites is 1. The van der Waals surface area contributed by atoms with Crippen LogP contribution < -0.4 is 9.64 Å². The fourth-order valence-corrected chi connectivity index (χ4v) is 3.28. The number of ether oxygens (including phenoxy) is 2. The SMILES string of the molecule is COc1ccc(N(C(=O)OCC2CCCCC2)c2ccccc2)cc1. The molecule has 1 amide bonds. The number of anilines is 2. The Morgan fingerprint density at radius 3 is 2.24 bits per heavy atom. The van der Waals surface area contributed by atoms with E-state index < -0.39 is 0 Å². The van der Waals surface area contributed by atoms with Gasteiger partial charge in [-0.15, -0.1) is 0 Å². The molecule has 0 N–H and O–H groups in total. The maximum absolute atomic E-state index is 12.8. The average molecular weight is 339 g/mol. The summed E-state index contributed by atoms with van der Waals surface area (Å²) >= 11 is 0. The summed E-state index contributed by atoms with van der Waals surface area (Å²) in [5.74, 6) is 1.25. The van der Waals surface area contributed by atoms with E-state index >= 15 is 0 Å². The third-order valence-corrected chi connectivity index (χ3v) is 4.69. The molecule has 2 aromatic carbocycles. The number of benzene rings is 2. The highest BCUT2D eigenvalue weighted by molar-refractivity contribution is 5.96. The second-order valence-corrected chi connectivity index (χ2v) is 6.45. The number of hydrogen-bond acceptors (Lipinski definition) is 3. The van der Waals surface area contributed by atoms with Crippen molar-refractivity contribution < 1.29 is 14.3 Å². The van der Waals surface area contributed by atoms with Gasteiger partial charge < -0.3 is 9.47 Å². The molecule has 0 radical (unpaired) electrons. The van der Waals surface area contributed by atoms with Gasteiger partial charge in [-0.25, -0.2) is 9.69 Å². The molecule has 3 rings (SSSR count). The fourth-order valence-electron chi connectivity index (χ4n) is 3.28. The Labute approximate surface area is 149 Å². The number of carbonyl (C=O) groups is 1. The second-order valence-electron chi connectivity index (χ2n) is 6.45. The van der Waals surface area contributed by atoms with Crippen LogP contribution in [0, 0.1) is 5.92 Å². The van der Waals surface area contributed by atoms with Crippen molar-refractivity contribution in [2.24, 2.45) is 5.92 Å². The minimum atomic E-state index is -0.332. The molecule has 0 aliphatic heterocycles. The van der Waals surface area contributed by atoms with E-state index in [4.69, 9.17) is 9.47 Å². The van der Waals surface area contributed by atoms with Crippen LogP contribution in [-0.2, 0) is 4.74 Å². The van der Waals surface area contributed by atoms with Crippen molar-refractivity contribution in [2.45, 2.75) is 32.1 Å². The van der Waals surface area contributed by atoms with Crippen LogP contribution in [0.5, 0.6) is 5.75 Å². The van der Waals surface area contributed by atoms with Gasteiger partial charge >= 0.3 is 6.09 Å². The van der Waals surface area contributed by atoms with Crippen molar-refractivity contribution in [3.05, 3.63) is 54.6 Å². The number of methoxy groups -OCH3 is 1. The maximum atomic E-state index is 12.8. The first kappa shape index (κ1) is 17.3.